The maximum atomic E-state index is 9.12. The van der Waals surface area contributed by atoms with Gasteiger partial charge in [0.25, 0.3) is 0 Å². The summed E-state index contributed by atoms with van der Waals surface area (Å²) in [5.74, 6) is 1.42. The summed E-state index contributed by atoms with van der Waals surface area (Å²) in [4.78, 5) is 0. The lowest BCUT2D eigenvalue weighted by molar-refractivity contribution is 0.140. The van der Waals surface area contributed by atoms with Crippen molar-refractivity contribution in [1.29, 1.82) is 0 Å². The normalized spacial score (nSPS) is 18.0. The third kappa shape index (κ3) is 2.33. The fourth-order valence-corrected chi connectivity index (χ4v) is 2.15. The van der Waals surface area contributed by atoms with Crippen LogP contribution in [0.3, 0.4) is 0 Å². The Balaban J connectivity index is 2.38. The number of hydrogen-bond donors (Lipinski definition) is 1. The Morgan fingerprint density at radius 1 is 1.31 bits per heavy atom. The molecular weight excluding hydrogens is 272 g/mol. The molecule has 0 aliphatic carbocycles. The molecule has 3 nitrogen and oxygen atoms in total. The first-order valence-electron chi connectivity index (χ1n) is 5.21. The van der Waals surface area contributed by atoms with Gasteiger partial charge in [0.15, 0.2) is 11.5 Å². The molecule has 1 aromatic rings. The van der Waals surface area contributed by atoms with E-state index in [4.69, 9.17) is 14.6 Å². The summed E-state index contributed by atoms with van der Waals surface area (Å²) in [5.41, 5.74) is 0.812. The third-order valence-corrected chi connectivity index (χ3v) is 3.07. The van der Waals surface area contributed by atoms with E-state index in [2.05, 4.69) is 29.8 Å². The van der Waals surface area contributed by atoms with E-state index >= 15 is 0 Å². The lowest BCUT2D eigenvalue weighted by Crippen LogP contribution is -2.26. The molecule has 4 heteroatoms. The van der Waals surface area contributed by atoms with Crippen LogP contribution in [0.4, 0.5) is 0 Å². The second kappa shape index (κ2) is 4.26. The first kappa shape index (κ1) is 11.7. The van der Waals surface area contributed by atoms with E-state index in [9.17, 15) is 0 Å². The highest BCUT2D eigenvalue weighted by Gasteiger charge is 2.26. The van der Waals surface area contributed by atoms with Crippen molar-refractivity contribution in [3.63, 3.8) is 0 Å². The quantitative estimate of drug-likeness (QED) is 0.863. The molecule has 1 N–H and O–H groups in total. The fourth-order valence-electron chi connectivity index (χ4n) is 1.54. The van der Waals surface area contributed by atoms with Crippen molar-refractivity contribution < 1.29 is 14.6 Å². The number of rotatable bonds is 1. The van der Waals surface area contributed by atoms with Crippen molar-refractivity contribution >= 4 is 15.9 Å². The van der Waals surface area contributed by atoms with Crippen molar-refractivity contribution in [1.82, 2.24) is 0 Å². The number of aliphatic hydroxyl groups is 1. The molecule has 0 amide bonds. The van der Waals surface area contributed by atoms with Gasteiger partial charge in [-0.3, -0.25) is 0 Å². The maximum Gasteiger partial charge on any atom is 0.175 e. The van der Waals surface area contributed by atoms with Crippen LogP contribution in [0.5, 0.6) is 11.5 Å². The van der Waals surface area contributed by atoms with Crippen LogP contribution in [0.15, 0.2) is 16.6 Å². The van der Waals surface area contributed by atoms with Crippen LogP contribution in [0, 0.1) is 5.41 Å². The molecule has 0 saturated heterocycles. The van der Waals surface area contributed by atoms with Gasteiger partial charge in [-0.2, -0.15) is 0 Å². The molecule has 0 radical (unpaired) electrons. The van der Waals surface area contributed by atoms with Gasteiger partial charge in [0.05, 0.1) is 24.3 Å². The van der Waals surface area contributed by atoms with Crippen LogP contribution in [-0.2, 0) is 6.61 Å². The van der Waals surface area contributed by atoms with Gasteiger partial charge in [-0.05, 0) is 33.6 Å². The second-order valence-electron chi connectivity index (χ2n) is 4.80. The number of benzene rings is 1. The van der Waals surface area contributed by atoms with Crippen LogP contribution in [0.25, 0.3) is 0 Å². The van der Waals surface area contributed by atoms with Gasteiger partial charge in [-0.15, -0.1) is 0 Å². The summed E-state index contributed by atoms with van der Waals surface area (Å²) in [6.45, 7) is 5.43. The molecule has 1 aliphatic rings. The lowest BCUT2D eigenvalue weighted by atomic mass is 9.97. The second-order valence-corrected chi connectivity index (χ2v) is 5.66. The molecule has 0 bridgehead atoms. The van der Waals surface area contributed by atoms with Crippen LogP contribution in [-0.4, -0.2) is 18.3 Å². The summed E-state index contributed by atoms with van der Waals surface area (Å²) in [7, 11) is 0. The molecule has 2 rings (SSSR count). The number of halogens is 1. The van der Waals surface area contributed by atoms with E-state index in [1.165, 1.54) is 0 Å². The third-order valence-electron chi connectivity index (χ3n) is 2.48. The molecule has 0 fully saturated rings. The Morgan fingerprint density at radius 3 is 2.69 bits per heavy atom. The molecule has 0 spiro atoms. The minimum absolute atomic E-state index is 0.00136. The van der Waals surface area contributed by atoms with E-state index in [1.807, 2.05) is 12.1 Å². The number of fused-ring (bicyclic) bond motifs is 1. The Kier molecular flexibility index (Phi) is 3.13. The zero-order valence-electron chi connectivity index (χ0n) is 9.42. The largest absolute Gasteiger partial charge is 0.489 e. The SMILES string of the molecule is CC1(C)COc2cc(CO)cc(Br)c2OC1. The Morgan fingerprint density at radius 2 is 2.00 bits per heavy atom. The molecule has 0 aromatic heterocycles. The number of ether oxygens (including phenoxy) is 2. The van der Waals surface area contributed by atoms with Gasteiger partial charge in [0.1, 0.15) is 0 Å². The van der Waals surface area contributed by atoms with Gasteiger partial charge in [-0.1, -0.05) is 13.8 Å². The summed E-state index contributed by atoms with van der Waals surface area (Å²) < 4.78 is 12.3. The van der Waals surface area contributed by atoms with Gasteiger partial charge in [0.2, 0.25) is 0 Å². The Labute approximate surface area is 104 Å². The highest BCUT2D eigenvalue weighted by Crippen LogP contribution is 2.40. The van der Waals surface area contributed by atoms with Crippen molar-refractivity contribution in [2.24, 2.45) is 5.41 Å². The molecule has 0 atom stereocenters. The number of aliphatic hydroxyl groups excluding tert-OH is 1. The highest BCUT2D eigenvalue weighted by atomic mass is 79.9. The Hall–Kier alpha value is -0.740. The predicted octanol–water partition coefficient (Wildman–Crippen LogP) is 2.74. The highest BCUT2D eigenvalue weighted by molar-refractivity contribution is 9.10. The molecule has 0 saturated carbocycles. The molecule has 1 heterocycles. The standard InChI is InChI=1S/C12H15BrO3/c1-12(2)6-15-10-4-8(5-14)3-9(13)11(10)16-7-12/h3-4,14H,5-7H2,1-2H3. The van der Waals surface area contributed by atoms with E-state index in [0.29, 0.717) is 19.0 Å². The molecule has 0 unspecified atom stereocenters. The molecular formula is C12H15BrO3. The zero-order chi connectivity index (χ0) is 11.8. The van der Waals surface area contributed by atoms with Crippen molar-refractivity contribution in [3.05, 3.63) is 22.2 Å². The smallest absolute Gasteiger partial charge is 0.175 e. The van der Waals surface area contributed by atoms with E-state index in [-0.39, 0.29) is 12.0 Å². The van der Waals surface area contributed by atoms with Crippen LogP contribution < -0.4 is 9.47 Å². The minimum atomic E-state index is -0.00214. The van der Waals surface area contributed by atoms with Gasteiger partial charge < -0.3 is 14.6 Å². The Bertz CT molecular complexity index is 401. The molecule has 88 valence electrons. The molecule has 16 heavy (non-hydrogen) atoms. The average Bonchev–Trinajstić information content (AvgIpc) is 2.38. The van der Waals surface area contributed by atoms with Crippen molar-refractivity contribution in [3.8, 4) is 11.5 Å². The maximum absolute atomic E-state index is 9.12. The monoisotopic (exact) mass is 286 g/mol. The van der Waals surface area contributed by atoms with Gasteiger partial charge in [-0.25, -0.2) is 0 Å². The first-order valence-corrected chi connectivity index (χ1v) is 6.00. The summed E-state index contributed by atoms with van der Waals surface area (Å²) in [6, 6.07) is 3.67. The summed E-state index contributed by atoms with van der Waals surface area (Å²) in [5, 5.41) is 9.12. The fraction of sp³-hybridized carbons (Fsp3) is 0.500. The minimum Gasteiger partial charge on any atom is -0.489 e. The van der Waals surface area contributed by atoms with Gasteiger partial charge >= 0.3 is 0 Å². The summed E-state index contributed by atoms with van der Waals surface area (Å²) in [6.07, 6.45) is 0. The first-order chi connectivity index (χ1) is 7.52. The van der Waals surface area contributed by atoms with E-state index in [0.717, 1.165) is 15.8 Å². The van der Waals surface area contributed by atoms with Crippen molar-refractivity contribution in [2.45, 2.75) is 20.5 Å². The lowest BCUT2D eigenvalue weighted by Gasteiger charge is -2.19. The average molecular weight is 287 g/mol. The number of hydrogen-bond acceptors (Lipinski definition) is 3. The van der Waals surface area contributed by atoms with Crippen LogP contribution in [0.2, 0.25) is 0 Å². The van der Waals surface area contributed by atoms with E-state index in [1.54, 1.807) is 0 Å². The van der Waals surface area contributed by atoms with Crippen LogP contribution in [0.1, 0.15) is 19.4 Å². The van der Waals surface area contributed by atoms with Crippen LogP contribution >= 0.6 is 15.9 Å². The molecule has 1 aliphatic heterocycles. The van der Waals surface area contributed by atoms with E-state index < -0.39 is 0 Å². The molecule has 1 aromatic carbocycles. The summed E-state index contributed by atoms with van der Waals surface area (Å²) >= 11 is 3.43. The van der Waals surface area contributed by atoms with Crippen molar-refractivity contribution in [2.75, 3.05) is 13.2 Å². The van der Waals surface area contributed by atoms with Gasteiger partial charge in [0, 0.05) is 5.41 Å². The topological polar surface area (TPSA) is 38.7 Å². The predicted molar refractivity (Wildman–Crippen MR) is 64.8 cm³/mol. The zero-order valence-corrected chi connectivity index (χ0v) is 11.0.